The van der Waals surface area contributed by atoms with Crippen LogP contribution in [0.4, 0.5) is 10.2 Å². The molecule has 0 aliphatic heterocycles. The Hall–Kier alpha value is -2.11. The maximum absolute atomic E-state index is 13.1. The van der Waals surface area contributed by atoms with Crippen molar-refractivity contribution in [3.05, 3.63) is 40.8 Å². The topological polar surface area (TPSA) is 87.8 Å². The lowest BCUT2D eigenvalue weighted by atomic mass is 10.3. The molecule has 0 unspecified atom stereocenters. The van der Waals surface area contributed by atoms with Crippen LogP contribution in [-0.2, 0) is 17.1 Å². The molecule has 9 heteroatoms. The summed E-state index contributed by atoms with van der Waals surface area (Å²) in [6.45, 7) is 0. The van der Waals surface area contributed by atoms with Gasteiger partial charge in [-0.2, -0.15) is 10.4 Å². The van der Waals surface area contributed by atoms with Crippen LogP contribution in [0.5, 0.6) is 0 Å². The summed E-state index contributed by atoms with van der Waals surface area (Å²) in [5.74, 6) is -0.883. The van der Waals surface area contributed by atoms with Crippen molar-refractivity contribution in [3.8, 4) is 6.07 Å². The lowest BCUT2D eigenvalue weighted by Gasteiger charge is -2.07. The number of anilines is 1. The van der Waals surface area contributed by atoms with Crippen LogP contribution < -0.4 is 4.72 Å². The first-order valence-electron chi connectivity index (χ1n) is 5.25. The van der Waals surface area contributed by atoms with E-state index in [1.807, 2.05) is 0 Å². The molecule has 104 valence electrons. The molecule has 0 bridgehead atoms. The Morgan fingerprint density at radius 3 is 2.85 bits per heavy atom. The third kappa shape index (κ3) is 2.74. The zero-order valence-electron chi connectivity index (χ0n) is 10.1. The number of nitrogens with one attached hydrogen (secondary N) is 1. The van der Waals surface area contributed by atoms with Crippen molar-refractivity contribution in [3.63, 3.8) is 0 Å². The Morgan fingerprint density at radius 2 is 2.20 bits per heavy atom. The van der Waals surface area contributed by atoms with Gasteiger partial charge in [-0.1, -0.05) is 11.6 Å². The van der Waals surface area contributed by atoms with E-state index >= 15 is 0 Å². The molecule has 0 spiro atoms. The second kappa shape index (κ2) is 5.11. The third-order valence-electron chi connectivity index (χ3n) is 2.36. The van der Waals surface area contributed by atoms with E-state index in [0.717, 1.165) is 18.2 Å². The van der Waals surface area contributed by atoms with Crippen LogP contribution in [0.2, 0.25) is 5.02 Å². The highest BCUT2D eigenvalue weighted by Gasteiger charge is 2.21. The molecule has 1 aromatic heterocycles. The van der Waals surface area contributed by atoms with Crippen LogP contribution in [0.1, 0.15) is 5.56 Å². The van der Waals surface area contributed by atoms with Gasteiger partial charge < -0.3 is 0 Å². The molecule has 0 aliphatic carbocycles. The minimum Gasteiger partial charge on any atom is -0.272 e. The smallest absolute Gasteiger partial charge is 0.264 e. The number of rotatable bonds is 3. The van der Waals surface area contributed by atoms with E-state index < -0.39 is 20.7 Å². The van der Waals surface area contributed by atoms with Crippen molar-refractivity contribution in [1.29, 1.82) is 5.26 Å². The van der Waals surface area contributed by atoms with E-state index in [1.165, 1.54) is 17.9 Å². The molecule has 1 heterocycles. The highest BCUT2D eigenvalue weighted by atomic mass is 35.5. The summed E-state index contributed by atoms with van der Waals surface area (Å²) in [4.78, 5) is -0.422. The summed E-state index contributed by atoms with van der Waals surface area (Å²) in [5.41, 5.74) is 0.0450. The predicted molar refractivity (Wildman–Crippen MR) is 70.1 cm³/mol. The molecule has 0 aliphatic rings. The lowest BCUT2D eigenvalue weighted by Crippen LogP contribution is -2.15. The summed E-state index contributed by atoms with van der Waals surface area (Å²) in [6.07, 6.45) is 1.35. The van der Waals surface area contributed by atoms with Gasteiger partial charge in [0.2, 0.25) is 0 Å². The van der Waals surface area contributed by atoms with Crippen molar-refractivity contribution in [2.24, 2.45) is 7.05 Å². The van der Waals surface area contributed by atoms with E-state index in [2.05, 4.69) is 9.82 Å². The monoisotopic (exact) mass is 314 g/mol. The molecule has 0 saturated heterocycles. The average Bonchev–Trinajstić information content (AvgIpc) is 2.71. The van der Waals surface area contributed by atoms with Crippen LogP contribution >= 0.6 is 11.6 Å². The van der Waals surface area contributed by atoms with Gasteiger partial charge in [-0.05, 0) is 18.2 Å². The number of aryl methyl sites for hydroxylation is 1. The van der Waals surface area contributed by atoms with E-state index in [4.69, 9.17) is 16.9 Å². The highest BCUT2D eigenvalue weighted by Crippen LogP contribution is 2.25. The number of benzene rings is 1. The molecular weight excluding hydrogens is 307 g/mol. The molecule has 2 rings (SSSR count). The number of nitrogens with zero attached hydrogens (tertiary/aromatic N) is 3. The quantitative estimate of drug-likeness (QED) is 0.937. The fourth-order valence-corrected chi connectivity index (χ4v) is 3.04. The molecule has 20 heavy (non-hydrogen) atoms. The fourth-order valence-electron chi connectivity index (χ4n) is 1.51. The van der Waals surface area contributed by atoms with Gasteiger partial charge in [0.05, 0.1) is 5.02 Å². The van der Waals surface area contributed by atoms with Crippen LogP contribution in [-0.4, -0.2) is 18.2 Å². The van der Waals surface area contributed by atoms with Crippen LogP contribution in [0.3, 0.4) is 0 Å². The molecular formula is C11H8ClFN4O2S. The van der Waals surface area contributed by atoms with Crippen molar-refractivity contribution in [1.82, 2.24) is 9.78 Å². The Balaban J connectivity index is 2.46. The predicted octanol–water partition coefficient (Wildman–Crippen LogP) is 1.89. The van der Waals surface area contributed by atoms with Crippen molar-refractivity contribution >= 4 is 27.4 Å². The van der Waals surface area contributed by atoms with Gasteiger partial charge in [-0.25, -0.2) is 12.8 Å². The molecule has 0 amide bonds. The number of hydrogen-bond donors (Lipinski definition) is 1. The van der Waals surface area contributed by atoms with Gasteiger partial charge in [0.1, 0.15) is 22.3 Å². The Kier molecular flexibility index (Phi) is 3.65. The van der Waals surface area contributed by atoms with E-state index in [1.54, 1.807) is 6.07 Å². The Morgan fingerprint density at radius 1 is 1.50 bits per heavy atom. The number of nitriles is 1. The van der Waals surface area contributed by atoms with Crippen molar-refractivity contribution in [2.75, 3.05) is 4.72 Å². The average molecular weight is 315 g/mol. The van der Waals surface area contributed by atoms with Crippen molar-refractivity contribution < 1.29 is 12.8 Å². The zero-order valence-corrected chi connectivity index (χ0v) is 11.7. The Labute approximate surface area is 119 Å². The summed E-state index contributed by atoms with van der Waals surface area (Å²) >= 11 is 5.75. The Bertz CT molecular complexity index is 810. The maximum atomic E-state index is 13.1. The fraction of sp³-hybridized carbons (Fsp3) is 0.0909. The molecule has 1 N–H and O–H groups in total. The number of hydrogen-bond acceptors (Lipinski definition) is 4. The van der Waals surface area contributed by atoms with E-state index in [0.29, 0.717) is 0 Å². The van der Waals surface area contributed by atoms with E-state index in [9.17, 15) is 12.8 Å². The van der Waals surface area contributed by atoms with Crippen LogP contribution in [0.15, 0.2) is 29.3 Å². The molecule has 0 radical (unpaired) electrons. The van der Waals surface area contributed by atoms with Gasteiger partial charge >= 0.3 is 0 Å². The SMILES string of the molecule is Cn1cc(C#N)c(NS(=O)(=O)c2cc(F)ccc2Cl)n1. The minimum absolute atomic E-state index is 0.0450. The minimum atomic E-state index is -4.13. The van der Waals surface area contributed by atoms with Gasteiger partial charge in [0.25, 0.3) is 10.0 Å². The molecule has 2 aromatic rings. The normalized spacial score (nSPS) is 11.1. The molecule has 6 nitrogen and oxygen atoms in total. The van der Waals surface area contributed by atoms with Gasteiger partial charge in [0, 0.05) is 13.2 Å². The van der Waals surface area contributed by atoms with Crippen LogP contribution in [0.25, 0.3) is 0 Å². The van der Waals surface area contributed by atoms with Gasteiger partial charge in [-0.3, -0.25) is 9.40 Å². The highest BCUT2D eigenvalue weighted by molar-refractivity contribution is 7.92. The molecule has 0 atom stereocenters. The third-order valence-corrected chi connectivity index (χ3v) is 4.18. The standard InChI is InChI=1S/C11H8ClFN4O2S/c1-17-6-7(5-14)11(15-17)16-20(18,19)10-4-8(13)2-3-9(10)12/h2-4,6H,1H3,(H,15,16). The van der Waals surface area contributed by atoms with E-state index in [-0.39, 0.29) is 16.4 Å². The van der Waals surface area contributed by atoms with Crippen LogP contribution in [0, 0.1) is 17.1 Å². The molecule has 1 aromatic carbocycles. The summed E-state index contributed by atoms with van der Waals surface area (Å²) in [7, 11) is -2.60. The summed E-state index contributed by atoms with van der Waals surface area (Å²) in [6, 6.07) is 4.77. The first kappa shape index (κ1) is 14.3. The first-order valence-corrected chi connectivity index (χ1v) is 7.11. The van der Waals surface area contributed by atoms with Crippen molar-refractivity contribution in [2.45, 2.75) is 4.90 Å². The van der Waals surface area contributed by atoms with Gasteiger partial charge in [0.15, 0.2) is 5.82 Å². The summed E-state index contributed by atoms with van der Waals surface area (Å²) in [5, 5.41) is 12.6. The molecule has 0 fully saturated rings. The summed E-state index contributed by atoms with van der Waals surface area (Å²) < 4.78 is 40.8. The maximum Gasteiger partial charge on any atom is 0.264 e. The second-order valence-corrected chi connectivity index (χ2v) is 5.92. The number of sulfonamides is 1. The first-order chi connectivity index (χ1) is 9.33. The lowest BCUT2D eigenvalue weighted by molar-refractivity contribution is 0.595. The second-order valence-electron chi connectivity index (χ2n) is 3.86. The van der Waals surface area contributed by atoms with Gasteiger partial charge in [-0.15, -0.1) is 0 Å². The number of halogens is 2. The number of aromatic nitrogens is 2. The molecule has 0 saturated carbocycles. The largest absolute Gasteiger partial charge is 0.272 e. The zero-order chi connectivity index (χ0) is 14.9.